The van der Waals surface area contributed by atoms with E-state index in [0.717, 1.165) is 16.1 Å². The van der Waals surface area contributed by atoms with Gasteiger partial charge in [0.05, 0.1) is 33.2 Å². The Morgan fingerprint density at radius 1 is 1.46 bits per heavy atom. The summed E-state index contributed by atoms with van der Waals surface area (Å²) in [6.45, 7) is 1.99. The molecule has 1 aliphatic rings. The van der Waals surface area contributed by atoms with Crippen molar-refractivity contribution in [3.63, 3.8) is 0 Å². The van der Waals surface area contributed by atoms with E-state index in [-0.39, 0.29) is 17.5 Å². The third kappa shape index (κ3) is 3.37. The Morgan fingerprint density at radius 3 is 3.08 bits per heavy atom. The summed E-state index contributed by atoms with van der Waals surface area (Å²) in [5.41, 5.74) is 1.67. The highest BCUT2D eigenvalue weighted by molar-refractivity contribution is 7.89. The normalized spacial score (nSPS) is 16.5. The molecule has 0 bridgehead atoms. The van der Waals surface area contributed by atoms with Gasteiger partial charge in [0.25, 0.3) is 0 Å². The Kier molecular flexibility index (Phi) is 4.52. The van der Waals surface area contributed by atoms with E-state index in [2.05, 4.69) is 14.7 Å². The van der Waals surface area contributed by atoms with Gasteiger partial charge in [-0.25, -0.2) is 18.1 Å². The van der Waals surface area contributed by atoms with Crippen molar-refractivity contribution in [3.05, 3.63) is 52.3 Å². The summed E-state index contributed by atoms with van der Waals surface area (Å²) in [4.78, 5) is 8.53. The van der Waals surface area contributed by atoms with Crippen molar-refractivity contribution in [1.82, 2.24) is 14.7 Å². The number of benzene rings is 1. The van der Waals surface area contributed by atoms with Crippen LogP contribution in [0.1, 0.15) is 18.3 Å². The lowest BCUT2D eigenvalue weighted by Crippen LogP contribution is -2.24. The molecule has 6 nitrogen and oxygen atoms in total. The molecule has 9 heteroatoms. The molecule has 0 unspecified atom stereocenters. The fourth-order valence-electron chi connectivity index (χ4n) is 2.87. The number of aromatic nitrogens is 2. The van der Waals surface area contributed by atoms with Crippen LogP contribution in [0.15, 0.2) is 40.7 Å². The van der Waals surface area contributed by atoms with Crippen LogP contribution < -0.4 is 9.46 Å². The predicted molar refractivity (Wildman–Crippen MR) is 101 cm³/mol. The molecule has 2 N–H and O–H groups in total. The summed E-state index contributed by atoms with van der Waals surface area (Å²) in [6.07, 6.45) is 2.33. The van der Waals surface area contributed by atoms with Crippen molar-refractivity contribution < 1.29 is 13.2 Å². The first-order valence-corrected chi connectivity index (χ1v) is 10.7. The number of nitrogens with one attached hydrogen (secondary N) is 2. The first-order chi connectivity index (χ1) is 12.4. The molecule has 0 saturated heterocycles. The van der Waals surface area contributed by atoms with Crippen molar-refractivity contribution in [2.75, 3.05) is 0 Å². The van der Waals surface area contributed by atoms with E-state index in [1.807, 2.05) is 24.4 Å². The molecule has 1 atom stereocenters. The highest BCUT2D eigenvalue weighted by Gasteiger charge is 2.26. The Hall–Kier alpha value is -1.87. The van der Waals surface area contributed by atoms with Crippen LogP contribution in [0.3, 0.4) is 0 Å². The molecule has 0 spiro atoms. The lowest BCUT2D eigenvalue weighted by Gasteiger charge is -2.09. The van der Waals surface area contributed by atoms with E-state index in [0.29, 0.717) is 23.0 Å². The van der Waals surface area contributed by atoms with Gasteiger partial charge in [0, 0.05) is 12.0 Å². The monoisotopic (exact) mass is 409 g/mol. The van der Waals surface area contributed by atoms with Crippen LogP contribution >= 0.6 is 22.9 Å². The standard InChI is InChI=1S/C17H16ClN3O3S2/c1-10-5-11-6-12(7-13(18)17(11)24-10)26(22,23)20-9-16-19-8-14(21-16)15-3-2-4-25-15/h2-4,6-8,10,20H,5,9H2,1H3,(H,19,21)/t10-/m0/s1. The van der Waals surface area contributed by atoms with Crippen LogP contribution in [0.5, 0.6) is 5.75 Å². The molecule has 0 aliphatic carbocycles. The van der Waals surface area contributed by atoms with Crippen molar-refractivity contribution in [1.29, 1.82) is 0 Å². The van der Waals surface area contributed by atoms with Crippen LogP contribution in [0.4, 0.5) is 0 Å². The topological polar surface area (TPSA) is 84.1 Å². The zero-order chi connectivity index (χ0) is 18.3. The van der Waals surface area contributed by atoms with E-state index in [1.54, 1.807) is 23.6 Å². The fourth-order valence-corrected chi connectivity index (χ4v) is 4.97. The molecule has 1 aromatic carbocycles. The number of nitrogens with zero attached hydrogens (tertiary/aromatic N) is 1. The second-order valence-corrected chi connectivity index (χ2v) is 9.19. The van der Waals surface area contributed by atoms with Gasteiger partial charge in [0.2, 0.25) is 10.0 Å². The molecule has 0 amide bonds. The van der Waals surface area contributed by atoms with Crippen molar-refractivity contribution in [2.45, 2.75) is 30.9 Å². The second kappa shape index (κ2) is 6.70. The van der Waals surface area contributed by atoms with Gasteiger partial charge in [0.1, 0.15) is 17.7 Å². The molecule has 26 heavy (non-hydrogen) atoms. The van der Waals surface area contributed by atoms with E-state index in [1.165, 1.54) is 6.07 Å². The van der Waals surface area contributed by atoms with Gasteiger partial charge >= 0.3 is 0 Å². The number of hydrogen-bond donors (Lipinski definition) is 2. The van der Waals surface area contributed by atoms with Gasteiger partial charge in [-0.05, 0) is 30.5 Å². The van der Waals surface area contributed by atoms with Crippen molar-refractivity contribution >= 4 is 33.0 Å². The molecule has 0 radical (unpaired) electrons. The number of halogens is 1. The largest absolute Gasteiger partial charge is 0.489 e. The Balaban J connectivity index is 1.52. The molecule has 3 heterocycles. The number of ether oxygens (including phenoxy) is 1. The van der Waals surface area contributed by atoms with Crippen LogP contribution in [0, 0.1) is 0 Å². The summed E-state index contributed by atoms with van der Waals surface area (Å²) in [5.74, 6) is 1.12. The number of hydrogen-bond acceptors (Lipinski definition) is 5. The molecular weight excluding hydrogens is 394 g/mol. The number of fused-ring (bicyclic) bond motifs is 1. The minimum absolute atomic E-state index is 0.00722. The summed E-state index contributed by atoms with van der Waals surface area (Å²) in [5, 5.41) is 2.28. The Labute approximate surface area is 160 Å². The van der Waals surface area contributed by atoms with E-state index >= 15 is 0 Å². The molecule has 3 aromatic rings. The van der Waals surface area contributed by atoms with Crippen LogP contribution in [0.25, 0.3) is 10.6 Å². The van der Waals surface area contributed by atoms with Crippen LogP contribution in [-0.2, 0) is 23.0 Å². The van der Waals surface area contributed by atoms with Gasteiger partial charge < -0.3 is 9.72 Å². The summed E-state index contributed by atoms with van der Waals surface area (Å²) >= 11 is 7.78. The van der Waals surface area contributed by atoms with E-state index in [4.69, 9.17) is 16.3 Å². The highest BCUT2D eigenvalue weighted by atomic mass is 35.5. The third-order valence-electron chi connectivity index (χ3n) is 4.08. The molecular formula is C17H16ClN3O3S2. The average Bonchev–Trinajstić information content (AvgIpc) is 3.32. The summed E-state index contributed by atoms with van der Waals surface area (Å²) in [7, 11) is -3.71. The number of imidazole rings is 1. The minimum Gasteiger partial charge on any atom is -0.489 e. The summed E-state index contributed by atoms with van der Waals surface area (Å²) < 4.78 is 33.4. The Morgan fingerprint density at radius 2 is 2.31 bits per heavy atom. The second-order valence-electron chi connectivity index (χ2n) is 6.07. The SMILES string of the molecule is C[C@H]1Cc2cc(S(=O)(=O)NCc3ncc(-c4cccs4)[nH]3)cc(Cl)c2O1. The molecule has 2 aromatic heterocycles. The summed E-state index contributed by atoms with van der Waals surface area (Å²) in [6, 6.07) is 6.96. The van der Waals surface area contributed by atoms with E-state index < -0.39 is 10.0 Å². The number of H-pyrrole nitrogens is 1. The lowest BCUT2D eigenvalue weighted by molar-refractivity contribution is 0.255. The highest BCUT2D eigenvalue weighted by Crippen LogP contribution is 2.38. The molecule has 1 aliphatic heterocycles. The number of rotatable bonds is 5. The van der Waals surface area contributed by atoms with Gasteiger partial charge in [-0.15, -0.1) is 11.3 Å². The first-order valence-electron chi connectivity index (χ1n) is 7.99. The molecule has 0 saturated carbocycles. The quantitative estimate of drug-likeness (QED) is 0.674. The third-order valence-corrected chi connectivity index (χ3v) is 6.64. The zero-order valence-electron chi connectivity index (χ0n) is 13.8. The predicted octanol–water partition coefficient (Wildman–Crippen LogP) is 3.59. The first kappa shape index (κ1) is 17.5. The number of sulfonamides is 1. The Bertz CT molecular complexity index is 1050. The molecule has 136 valence electrons. The van der Waals surface area contributed by atoms with Crippen LogP contribution in [0.2, 0.25) is 5.02 Å². The lowest BCUT2D eigenvalue weighted by atomic mass is 10.1. The van der Waals surface area contributed by atoms with Gasteiger partial charge in [0.15, 0.2) is 0 Å². The number of thiophene rings is 1. The number of aromatic amines is 1. The molecule has 0 fully saturated rings. The van der Waals surface area contributed by atoms with Gasteiger partial charge in [-0.1, -0.05) is 17.7 Å². The zero-order valence-corrected chi connectivity index (χ0v) is 16.2. The van der Waals surface area contributed by atoms with E-state index in [9.17, 15) is 8.42 Å². The maximum Gasteiger partial charge on any atom is 0.241 e. The van der Waals surface area contributed by atoms with Gasteiger partial charge in [-0.3, -0.25) is 0 Å². The van der Waals surface area contributed by atoms with Crippen molar-refractivity contribution in [2.24, 2.45) is 0 Å². The minimum atomic E-state index is -3.71. The maximum absolute atomic E-state index is 12.6. The van der Waals surface area contributed by atoms with Crippen molar-refractivity contribution in [3.8, 4) is 16.3 Å². The fraction of sp³-hybridized carbons (Fsp3) is 0.235. The molecule has 4 rings (SSSR count). The van der Waals surface area contributed by atoms with Gasteiger partial charge in [-0.2, -0.15) is 0 Å². The smallest absolute Gasteiger partial charge is 0.241 e. The van der Waals surface area contributed by atoms with Crippen LogP contribution in [-0.4, -0.2) is 24.5 Å². The average molecular weight is 410 g/mol. The maximum atomic E-state index is 12.6.